The highest BCUT2D eigenvalue weighted by Crippen LogP contribution is 2.35. The van der Waals surface area contributed by atoms with Crippen LogP contribution in [0, 0.1) is 12.3 Å². The number of rotatable bonds is 2. The van der Waals surface area contributed by atoms with Crippen molar-refractivity contribution in [3.63, 3.8) is 0 Å². The molecule has 0 atom stereocenters. The summed E-state index contributed by atoms with van der Waals surface area (Å²) in [6, 6.07) is 4.20. The van der Waals surface area contributed by atoms with E-state index in [2.05, 4.69) is 29.1 Å². The smallest absolute Gasteiger partial charge is 0.267 e. The molecule has 2 heterocycles. The van der Waals surface area contributed by atoms with Gasteiger partial charge in [-0.15, -0.1) is 0 Å². The lowest BCUT2D eigenvalue weighted by atomic mass is 9.75. The average molecular weight is 285 g/mol. The standard InChI is InChI=1S/C17H23N3O/c1-11-8-12-9-14(20-15(12)10-18-11)16(21)19-13-4-6-17(2,3)7-5-13/h8-10,13,20H,4-7H2,1-3H3,(H,19,21). The summed E-state index contributed by atoms with van der Waals surface area (Å²) in [5.74, 6) is -0.00596. The molecular weight excluding hydrogens is 262 g/mol. The molecule has 2 N–H and O–H groups in total. The van der Waals surface area contributed by atoms with Gasteiger partial charge >= 0.3 is 0 Å². The maximum atomic E-state index is 12.4. The molecule has 1 fully saturated rings. The summed E-state index contributed by atoms with van der Waals surface area (Å²) in [5.41, 5.74) is 2.92. The van der Waals surface area contributed by atoms with Gasteiger partial charge in [0.05, 0.1) is 11.7 Å². The molecule has 0 bridgehead atoms. The van der Waals surface area contributed by atoms with E-state index in [0.717, 1.165) is 29.4 Å². The Labute approximate surface area is 125 Å². The molecule has 1 aliphatic rings. The van der Waals surface area contributed by atoms with Crippen molar-refractivity contribution in [1.82, 2.24) is 15.3 Å². The quantitative estimate of drug-likeness (QED) is 0.886. The Morgan fingerprint density at radius 3 is 2.76 bits per heavy atom. The minimum Gasteiger partial charge on any atom is -0.349 e. The van der Waals surface area contributed by atoms with E-state index in [1.165, 1.54) is 12.8 Å². The van der Waals surface area contributed by atoms with Gasteiger partial charge in [0.15, 0.2) is 0 Å². The summed E-state index contributed by atoms with van der Waals surface area (Å²) >= 11 is 0. The average Bonchev–Trinajstić information content (AvgIpc) is 2.84. The zero-order valence-electron chi connectivity index (χ0n) is 13.0. The zero-order chi connectivity index (χ0) is 15.0. The largest absolute Gasteiger partial charge is 0.349 e. The molecule has 0 aromatic carbocycles. The highest BCUT2D eigenvalue weighted by Gasteiger charge is 2.27. The van der Waals surface area contributed by atoms with Gasteiger partial charge in [-0.1, -0.05) is 13.8 Å². The maximum absolute atomic E-state index is 12.4. The van der Waals surface area contributed by atoms with Crippen molar-refractivity contribution in [3.8, 4) is 0 Å². The highest BCUT2D eigenvalue weighted by atomic mass is 16.1. The van der Waals surface area contributed by atoms with Gasteiger partial charge in [0.25, 0.3) is 5.91 Å². The van der Waals surface area contributed by atoms with Crippen LogP contribution in [0.2, 0.25) is 0 Å². The third-order valence-corrected chi connectivity index (χ3v) is 4.56. The fraction of sp³-hybridized carbons (Fsp3) is 0.529. The summed E-state index contributed by atoms with van der Waals surface area (Å²) in [7, 11) is 0. The number of hydrogen-bond acceptors (Lipinski definition) is 2. The van der Waals surface area contributed by atoms with Gasteiger partial charge in [0, 0.05) is 17.1 Å². The van der Waals surface area contributed by atoms with Gasteiger partial charge < -0.3 is 10.3 Å². The zero-order valence-corrected chi connectivity index (χ0v) is 13.0. The fourth-order valence-corrected chi connectivity index (χ4v) is 3.07. The number of nitrogens with one attached hydrogen (secondary N) is 2. The van der Waals surface area contributed by atoms with Gasteiger partial charge in [-0.3, -0.25) is 9.78 Å². The van der Waals surface area contributed by atoms with Gasteiger partial charge in [-0.05, 0) is 50.2 Å². The van der Waals surface area contributed by atoms with Crippen molar-refractivity contribution in [2.75, 3.05) is 0 Å². The highest BCUT2D eigenvalue weighted by molar-refractivity contribution is 5.98. The molecule has 21 heavy (non-hydrogen) atoms. The normalized spacial score (nSPS) is 18.8. The number of aryl methyl sites for hydroxylation is 1. The number of fused-ring (bicyclic) bond motifs is 1. The summed E-state index contributed by atoms with van der Waals surface area (Å²) in [5, 5.41) is 4.20. The second-order valence-corrected chi connectivity index (χ2v) is 7.01. The van der Waals surface area contributed by atoms with E-state index in [0.29, 0.717) is 17.2 Å². The summed E-state index contributed by atoms with van der Waals surface area (Å²) in [6.07, 6.45) is 6.27. The Kier molecular flexibility index (Phi) is 3.47. The van der Waals surface area contributed by atoms with Gasteiger partial charge in [-0.2, -0.15) is 0 Å². The molecular formula is C17H23N3O. The summed E-state index contributed by atoms with van der Waals surface area (Å²) in [6.45, 7) is 6.56. The molecule has 4 nitrogen and oxygen atoms in total. The molecule has 1 amide bonds. The van der Waals surface area contributed by atoms with E-state index in [-0.39, 0.29) is 5.91 Å². The van der Waals surface area contributed by atoms with Crippen LogP contribution in [0.1, 0.15) is 55.7 Å². The van der Waals surface area contributed by atoms with Crippen LogP contribution in [-0.4, -0.2) is 21.9 Å². The molecule has 0 radical (unpaired) electrons. The first-order chi connectivity index (χ1) is 9.93. The monoisotopic (exact) mass is 285 g/mol. The third kappa shape index (κ3) is 3.09. The molecule has 4 heteroatoms. The molecule has 2 aromatic rings. The topological polar surface area (TPSA) is 57.8 Å². The van der Waals surface area contributed by atoms with E-state index in [4.69, 9.17) is 0 Å². The molecule has 1 saturated carbocycles. The fourth-order valence-electron chi connectivity index (χ4n) is 3.07. The lowest BCUT2D eigenvalue weighted by molar-refractivity contribution is 0.0905. The molecule has 112 valence electrons. The van der Waals surface area contributed by atoms with Crippen molar-refractivity contribution < 1.29 is 4.79 Å². The number of H-pyrrole nitrogens is 1. The molecule has 0 saturated heterocycles. The lowest BCUT2D eigenvalue weighted by Crippen LogP contribution is -2.39. The number of carbonyl (C=O) groups excluding carboxylic acids is 1. The Morgan fingerprint density at radius 2 is 2.05 bits per heavy atom. The second kappa shape index (κ2) is 5.17. The maximum Gasteiger partial charge on any atom is 0.267 e. The second-order valence-electron chi connectivity index (χ2n) is 7.01. The van der Waals surface area contributed by atoms with Crippen molar-refractivity contribution in [2.24, 2.45) is 5.41 Å². The minimum atomic E-state index is -0.00596. The van der Waals surface area contributed by atoms with Crippen molar-refractivity contribution in [2.45, 2.75) is 52.5 Å². The SMILES string of the molecule is Cc1cc2cc(C(=O)NC3CCC(C)(C)CC3)[nH]c2cn1. The first-order valence-electron chi connectivity index (χ1n) is 7.69. The summed E-state index contributed by atoms with van der Waals surface area (Å²) < 4.78 is 0. The predicted molar refractivity (Wildman–Crippen MR) is 84.3 cm³/mol. The number of carbonyl (C=O) groups is 1. The first kappa shape index (κ1) is 14.1. The number of aromatic amines is 1. The number of aromatic nitrogens is 2. The Balaban J connectivity index is 1.69. The summed E-state index contributed by atoms with van der Waals surface area (Å²) in [4.78, 5) is 19.8. The van der Waals surface area contributed by atoms with E-state index in [1.807, 2.05) is 19.1 Å². The van der Waals surface area contributed by atoms with Crippen molar-refractivity contribution in [3.05, 3.63) is 29.7 Å². The van der Waals surface area contributed by atoms with Crippen LogP contribution in [-0.2, 0) is 0 Å². The minimum absolute atomic E-state index is 0.00596. The molecule has 1 aliphatic carbocycles. The van der Waals surface area contributed by atoms with Crippen molar-refractivity contribution >= 4 is 16.8 Å². The van der Waals surface area contributed by atoms with Crippen LogP contribution in [0.5, 0.6) is 0 Å². The number of amides is 1. The van der Waals surface area contributed by atoms with E-state index < -0.39 is 0 Å². The van der Waals surface area contributed by atoms with Crippen LogP contribution in [0.25, 0.3) is 10.9 Å². The number of hydrogen-bond donors (Lipinski definition) is 2. The molecule has 0 aliphatic heterocycles. The van der Waals surface area contributed by atoms with Gasteiger partial charge in [0.1, 0.15) is 5.69 Å². The van der Waals surface area contributed by atoms with E-state index in [9.17, 15) is 4.79 Å². The third-order valence-electron chi connectivity index (χ3n) is 4.56. The molecule has 0 spiro atoms. The Bertz CT molecular complexity index is 662. The number of nitrogens with zero attached hydrogens (tertiary/aromatic N) is 1. The molecule has 3 rings (SSSR count). The van der Waals surface area contributed by atoms with Gasteiger partial charge in [-0.25, -0.2) is 0 Å². The van der Waals surface area contributed by atoms with Crippen LogP contribution in [0.15, 0.2) is 18.3 Å². The molecule has 2 aromatic heterocycles. The van der Waals surface area contributed by atoms with Crippen LogP contribution in [0.3, 0.4) is 0 Å². The van der Waals surface area contributed by atoms with Crippen LogP contribution >= 0.6 is 0 Å². The van der Waals surface area contributed by atoms with Gasteiger partial charge in [0.2, 0.25) is 0 Å². The van der Waals surface area contributed by atoms with Crippen LogP contribution in [0.4, 0.5) is 0 Å². The Morgan fingerprint density at radius 1 is 1.33 bits per heavy atom. The van der Waals surface area contributed by atoms with Crippen molar-refractivity contribution in [1.29, 1.82) is 0 Å². The lowest BCUT2D eigenvalue weighted by Gasteiger charge is -2.34. The Hall–Kier alpha value is -1.84. The molecule has 0 unspecified atom stereocenters. The van der Waals surface area contributed by atoms with Crippen LogP contribution < -0.4 is 5.32 Å². The predicted octanol–water partition coefficient (Wildman–Crippen LogP) is 3.57. The van der Waals surface area contributed by atoms with E-state index >= 15 is 0 Å². The number of pyridine rings is 1. The first-order valence-corrected chi connectivity index (χ1v) is 7.69. The van der Waals surface area contributed by atoms with E-state index in [1.54, 1.807) is 6.20 Å².